The molecule has 7 heteroatoms. The van der Waals surface area contributed by atoms with Crippen LogP contribution >= 0.6 is 33.9 Å². The SMILES string of the molecule is O=C(O)CCOC1CCN(C(=O)c2csc(I)c2)CC1. The first-order valence-corrected chi connectivity index (χ1v) is 8.39. The van der Waals surface area contributed by atoms with Gasteiger partial charge < -0.3 is 14.7 Å². The largest absolute Gasteiger partial charge is 0.481 e. The third-order valence-corrected chi connectivity index (χ3v) is 5.00. The van der Waals surface area contributed by atoms with Crippen molar-refractivity contribution in [3.8, 4) is 0 Å². The first kappa shape index (κ1) is 15.7. The lowest BCUT2D eigenvalue weighted by Crippen LogP contribution is -2.40. The number of carboxylic acids is 1. The summed E-state index contributed by atoms with van der Waals surface area (Å²) in [5.41, 5.74) is 0.754. The average molecular weight is 409 g/mol. The molecule has 1 fully saturated rings. The molecule has 0 aliphatic carbocycles. The predicted molar refractivity (Wildman–Crippen MR) is 84.2 cm³/mol. The molecule has 1 aliphatic heterocycles. The number of carboxylic acid groups (broad SMARTS) is 1. The number of halogens is 1. The molecule has 2 rings (SSSR count). The van der Waals surface area contributed by atoms with Crippen LogP contribution in [-0.2, 0) is 9.53 Å². The molecule has 1 saturated heterocycles. The highest BCUT2D eigenvalue weighted by Crippen LogP contribution is 2.21. The summed E-state index contributed by atoms with van der Waals surface area (Å²) in [6, 6.07) is 1.91. The number of piperidine rings is 1. The number of carbonyl (C=O) groups excluding carboxylic acids is 1. The first-order chi connectivity index (χ1) is 9.56. The molecular weight excluding hydrogens is 393 g/mol. The van der Waals surface area contributed by atoms with E-state index in [4.69, 9.17) is 9.84 Å². The Morgan fingerprint density at radius 1 is 1.45 bits per heavy atom. The van der Waals surface area contributed by atoms with Crippen LogP contribution in [-0.4, -0.2) is 47.7 Å². The van der Waals surface area contributed by atoms with E-state index in [1.165, 1.54) is 0 Å². The Labute approximate surface area is 135 Å². The van der Waals surface area contributed by atoms with E-state index in [-0.39, 0.29) is 25.0 Å². The molecule has 1 amide bonds. The summed E-state index contributed by atoms with van der Waals surface area (Å²) in [6.07, 6.45) is 1.65. The number of thiophene rings is 1. The van der Waals surface area contributed by atoms with Crippen molar-refractivity contribution < 1.29 is 19.4 Å². The summed E-state index contributed by atoms with van der Waals surface area (Å²) >= 11 is 3.78. The van der Waals surface area contributed by atoms with Gasteiger partial charge in [-0.15, -0.1) is 11.3 Å². The maximum atomic E-state index is 12.2. The van der Waals surface area contributed by atoms with E-state index in [1.54, 1.807) is 11.3 Å². The topological polar surface area (TPSA) is 66.8 Å². The Hall–Kier alpha value is -0.670. The second kappa shape index (κ2) is 7.37. The van der Waals surface area contributed by atoms with Crippen LogP contribution in [0.25, 0.3) is 0 Å². The smallest absolute Gasteiger partial charge is 0.305 e. The number of rotatable bonds is 5. The molecule has 2 heterocycles. The van der Waals surface area contributed by atoms with E-state index < -0.39 is 5.97 Å². The van der Waals surface area contributed by atoms with Gasteiger partial charge in [-0.3, -0.25) is 9.59 Å². The third kappa shape index (κ3) is 4.42. The minimum Gasteiger partial charge on any atom is -0.481 e. The molecular formula is C13H16INO4S. The number of carbonyl (C=O) groups is 2. The van der Waals surface area contributed by atoms with Gasteiger partial charge in [0.25, 0.3) is 5.91 Å². The molecule has 5 nitrogen and oxygen atoms in total. The third-order valence-electron chi connectivity index (χ3n) is 3.21. The van der Waals surface area contributed by atoms with Crippen LogP contribution in [0, 0.1) is 2.88 Å². The van der Waals surface area contributed by atoms with Gasteiger partial charge in [-0.2, -0.15) is 0 Å². The molecule has 1 aromatic heterocycles. The molecule has 1 aliphatic rings. The van der Waals surface area contributed by atoms with Crippen molar-refractivity contribution in [2.75, 3.05) is 19.7 Å². The van der Waals surface area contributed by atoms with E-state index in [0.29, 0.717) is 13.1 Å². The Balaban J connectivity index is 1.76. The maximum absolute atomic E-state index is 12.2. The Morgan fingerprint density at radius 2 is 2.15 bits per heavy atom. The second-order valence-electron chi connectivity index (χ2n) is 4.65. The zero-order valence-corrected chi connectivity index (χ0v) is 13.9. The summed E-state index contributed by atoms with van der Waals surface area (Å²) in [7, 11) is 0. The van der Waals surface area contributed by atoms with Crippen molar-refractivity contribution >= 4 is 45.8 Å². The molecule has 0 radical (unpaired) electrons. The molecule has 1 aromatic rings. The van der Waals surface area contributed by atoms with E-state index in [9.17, 15) is 9.59 Å². The standard InChI is InChI=1S/C13H16INO4S/c14-11-7-9(8-20-11)13(18)15-4-1-10(2-5-15)19-6-3-12(16)17/h7-8,10H,1-6H2,(H,16,17). The predicted octanol–water partition coefficient (Wildman–Crippen LogP) is 2.45. The number of ether oxygens (including phenoxy) is 1. The minimum atomic E-state index is -0.843. The van der Waals surface area contributed by atoms with Crippen LogP contribution in [0.4, 0.5) is 0 Å². The van der Waals surface area contributed by atoms with E-state index >= 15 is 0 Å². The van der Waals surface area contributed by atoms with Gasteiger partial charge in [0, 0.05) is 18.5 Å². The summed E-state index contributed by atoms with van der Waals surface area (Å²) in [6.45, 7) is 1.59. The van der Waals surface area contributed by atoms with Crippen LogP contribution in [0.1, 0.15) is 29.6 Å². The molecule has 110 valence electrons. The van der Waals surface area contributed by atoms with Gasteiger partial charge in [0.1, 0.15) is 0 Å². The summed E-state index contributed by atoms with van der Waals surface area (Å²) < 4.78 is 6.62. The normalized spacial score (nSPS) is 16.4. The molecule has 0 spiro atoms. The average Bonchev–Trinajstić information content (AvgIpc) is 2.85. The second-order valence-corrected chi connectivity index (χ2v) is 7.45. The lowest BCUT2D eigenvalue weighted by atomic mass is 10.1. The molecule has 0 saturated carbocycles. The molecule has 0 atom stereocenters. The van der Waals surface area contributed by atoms with Crippen LogP contribution in [0.15, 0.2) is 11.4 Å². The molecule has 20 heavy (non-hydrogen) atoms. The Kier molecular flexibility index (Phi) is 5.79. The minimum absolute atomic E-state index is 0.0342. The zero-order valence-electron chi connectivity index (χ0n) is 10.9. The molecule has 0 aromatic carbocycles. The van der Waals surface area contributed by atoms with Gasteiger partial charge >= 0.3 is 5.97 Å². The summed E-state index contributed by atoms with van der Waals surface area (Å²) in [5, 5.41) is 10.4. The quantitative estimate of drug-likeness (QED) is 0.759. The lowest BCUT2D eigenvalue weighted by Gasteiger charge is -2.31. The zero-order chi connectivity index (χ0) is 14.5. The number of nitrogens with zero attached hydrogens (tertiary/aromatic N) is 1. The van der Waals surface area contributed by atoms with Gasteiger partial charge in [-0.25, -0.2) is 0 Å². The van der Waals surface area contributed by atoms with Crippen molar-refractivity contribution in [2.24, 2.45) is 0 Å². The monoisotopic (exact) mass is 409 g/mol. The van der Waals surface area contributed by atoms with Gasteiger partial charge in [0.05, 0.1) is 27.6 Å². The number of hydrogen-bond acceptors (Lipinski definition) is 4. The van der Waals surface area contributed by atoms with Crippen molar-refractivity contribution in [3.05, 3.63) is 19.9 Å². The van der Waals surface area contributed by atoms with E-state index in [0.717, 1.165) is 21.3 Å². The maximum Gasteiger partial charge on any atom is 0.305 e. The highest BCUT2D eigenvalue weighted by Gasteiger charge is 2.24. The number of aliphatic carboxylic acids is 1. The lowest BCUT2D eigenvalue weighted by molar-refractivity contribution is -0.138. The fourth-order valence-electron chi connectivity index (χ4n) is 2.14. The summed E-state index contributed by atoms with van der Waals surface area (Å²) in [5.74, 6) is -0.766. The number of amides is 1. The number of hydrogen-bond donors (Lipinski definition) is 1. The van der Waals surface area contributed by atoms with Crippen LogP contribution in [0.3, 0.4) is 0 Å². The fraction of sp³-hybridized carbons (Fsp3) is 0.538. The number of likely N-dealkylation sites (tertiary alicyclic amines) is 1. The Bertz CT molecular complexity index is 482. The highest BCUT2D eigenvalue weighted by molar-refractivity contribution is 14.1. The highest BCUT2D eigenvalue weighted by atomic mass is 127. The van der Waals surface area contributed by atoms with Crippen molar-refractivity contribution in [1.29, 1.82) is 0 Å². The van der Waals surface area contributed by atoms with Gasteiger partial charge in [0.2, 0.25) is 0 Å². The van der Waals surface area contributed by atoms with Gasteiger partial charge in [-0.1, -0.05) is 0 Å². The molecule has 0 bridgehead atoms. The van der Waals surface area contributed by atoms with Gasteiger partial charge in [-0.05, 0) is 41.5 Å². The molecule has 0 unspecified atom stereocenters. The van der Waals surface area contributed by atoms with E-state index in [1.807, 2.05) is 16.3 Å². The fourth-order valence-corrected chi connectivity index (χ4v) is 3.46. The van der Waals surface area contributed by atoms with E-state index in [2.05, 4.69) is 22.6 Å². The molecule has 1 N–H and O–H groups in total. The first-order valence-electron chi connectivity index (χ1n) is 6.43. The van der Waals surface area contributed by atoms with Crippen LogP contribution in [0.2, 0.25) is 0 Å². The Morgan fingerprint density at radius 3 is 2.70 bits per heavy atom. The van der Waals surface area contributed by atoms with Crippen molar-refractivity contribution in [1.82, 2.24) is 4.90 Å². The van der Waals surface area contributed by atoms with Crippen molar-refractivity contribution in [3.63, 3.8) is 0 Å². The van der Waals surface area contributed by atoms with Crippen LogP contribution in [0.5, 0.6) is 0 Å². The summed E-state index contributed by atoms with van der Waals surface area (Å²) in [4.78, 5) is 24.5. The van der Waals surface area contributed by atoms with Crippen LogP contribution < -0.4 is 0 Å². The van der Waals surface area contributed by atoms with Gasteiger partial charge in [0.15, 0.2) is 0 Å². The van der Waals surface area contributed by atoms with Crippen molar-refractivity contribution in [2.45, 2.75) is 25.4 Å².